The molecule has 4 aromatic rings. The maximum atomic E-state index is 13.1. The number of amides is 1. The van der Waals surface area contributed by atoms with Crippen molar-refractivity contribution in [2.24, 2.45) is 0 Å². The summed E-state index contributed by atoms with van der Waals surface area (Å²) in [7, 11) is 3.51. The van der Waals surface area contributed by atoms with Crippen LogP contribution in [0.2, 0.25) is 5.02 Å². The highest BCUT2D eigenvalue weighted by Gasteiger charge is 2.27. The number of benzene rings is 3. The zero-order chi connectivity index (χ0) is 23.2. The van der Waals surface area contributed by atoms with Crippen molar-refractivity contribution in [2.75, 3.05) is 14.1 Å². The van der Waals surface area contributed by atoms with Crippen LogP contribution < -0.4 is 4.74 Å². The molecule has 168 valence electrons. The molecule has 0 saturated heterocycles. The van der Waals surface area contributed by atoms with Gasteiger partial charge in [0.25, 0.3) is 0 Å². The summed E-state index contributed by atoms with van der Waals surface area (Å²) in [6.45, 7) is 0.170. The summed E-state index contributed by atoms with van der Waals surface area (Å²) in [6, 6.07) is 26.8. The first kappa shape index (κ1) is 22.9. The van der Waals surface area contributed by atoms with E-state index in [-0.39, 0.29) is 12.5 Å². The molecule has 0 spiro atoms. The molecule has 0 aliphatic carbocycles. The van der Waals surface area contributed by atoms with Gasteiger partial charge in [-0.25, -0.2) is 0 Å². The van der Waals surface area contributed by atoms with E-state index in [1.54, 1.807) is 25.1 Å². The number of rotatable bonds is 8. The van der Waals surface area contributed by atoms with Crippen LogP contribution in [0.15, 0.2) is 90.1 Å². The van der Waals surface area contributed by atoms with Gasteiger partial charge in [-0.05, 0) is 29.8 Å². The normalized spacial score (nSPS) is 11.7. The van der Waals surface area contributed by atoms with E-state index in [1.807, 2.05) is 83.4 Å². The van der Waals surface area contributed by atoms with E-state index in [0.717, 1.165) is 11.3 Å². The van der Waals surface area contributed by atoms with Crippen molar-refractivity contribution in [2.45, 2.75) is 17.0 Å². The zero-order valence-corrected chi connectivity index (χ0v) is 19.8. The fraction of sp³-hybridized carbons (Fsp3) is 0.160. The molecule has 0 saturated carbocycles. The lowest BCUT2D eigenvalue weighted by Gasteiger charge is -2.20. The largest absolute Gasteiger partial charge is 0.484 e. The molecule has 1 unspecified atom stereocenters. The Morgan fingerprint density at radius 1 is 0.970 bits per heavy atom. The Morgan fingerprint density at radius 3 is 2.27 bits per heavy atom. The lowest BCUT2D eigenvalue weighted by Crippen LogP contribution is -2.27. The van der Waals surface area contributed by atoms with Gasteiger partial charge in [0, 0.05) is 19.8 Å². The number of ether oxygens (including phenoxy) is 1. The number of hydrogen-bond acceptors (Lipinski definition) is 5. The minimum Gasteiger partial charge on any atom is -0.484 e. The third-order valence-corrected chi connectivity index (χ3v) is 6.40. The molecule has 8 heteroatoms. The maximum Gasteiger partial charge on any atom is 0.240 e. The lowest BCUT2D eigenvalue weighted by molar-refractivity contribution is -0.128. The number of halogens is 1. The molecular weight excluding hydrogens is 456 g/mol. The van der Waals surface area contributed by atoms with Crippen molar-refractivity contribution in [3.8, 4) is 11.4 Å². The van der Waals surface area contributed by atoms with Crippen LogP contribution in [0.25, 0.3) is 5.69 Å². The number of hydrogen-bond donors (Lipinski definition) is 0. The van der Waals surface area contributed by atoms with Gasteiger partial charge in [0.05, 0.1) is 5.02 Å². The number of carbonyl (C=O) groups excluding carboxylic acids is 1. The SMILES string of the molecule is CN(C)C(=O)C(Sc1nnc(COc2ccccc2Cl)n1-c1ccccc1)c1ccccc1. The van der Waals surface area contributed by atoms with E-state index in [0.29, 0.717) is 21.8 Å². The Balaban J connectivity index is 1.70. The third kappa shape index (κ3) is 5.38. The molecule has 1 atom stereocenters. The minimum absolute atomic E-state index is 0.0253. The predicted octanol–water partition coefficient (Wildman–Crippen LogP) is 5.42. The van der Waals surface area contributed by atoms with Gasteiger partial charge in [-0.3, -0.25) is 9.36 Å². The molecule has 1 aromatic heterocycles. The van der Waals surface area contributed by atoms with Crippen LogP contribution in [0.1, 0.15) is 16.6 Å². The Kier molecular flexibility index (Phi) is 7.32. The smallest absolute Gasteiger partial charge is 0.240 e. The standard InChI is InChI=1S/C25H23ClN4O2S/c1-29(2)24(31)23(18-11-5-3-6-12-18)33-25-28-27-22(30(25)19-13-7-4-8-14-19)17-32-21-16-10-9-15-20(21)26/h3-16,23H,17H2,1-2H3. The Morgan fingerprint density at radius 2 is 1.61 bits per heavy atom. The van der Waals surface area contributed by atoms with Crippen molar-refractivity contribution in [1.82, 2.24) is 19.7 Å². The van der Waals surface area contributed by atoms with Crippen molar-refractivity contribution >= 4 is 29.3 Å². The number of nitrogens with zero attached hydrogens (tertiary/aromatic N) is 4. The molecule has 0 N–H and O–H groups in total. The van der Waals surface area contributed by atoms with Crippen molar-refractivity contribution in [1.29, 1.82) is 0 Å². The molecule has 0 aliphatic rings. The molecule has 4 rings (SSSR count). The second-order valence-electron chi connectivity index (χ2n) is 7.43. The monoisotopic (exact) mass is 478 g/mol. The van der Waals surface area contributed by atoms with Gasteiger partial charge in [0.15, 0.2) is 11.0 Å². The van der Waals surface area contributed by atoms with E-state index in [4.69, 9.17) is 16.3 Å². The molecular formula is C25H23ClN4O2S. The topological polar surface area (TPSA) is 60.3 Å². The molecule has 0 radical (unpaired) electrons. The lowest BCUT2D eigenvalue weighted by atomic mass is 10.1. The van der Waals surface area contributed by atoms with E-state index < -0.39 is 5.25 Å². The summed E-state index contributed by atoms with van der Waals surface area (Å²) < 4.78 is 7.85. The quantitative estimate of drug-likeness (QED) is 0.316. The van der Waals surface area contributed by atoms with Crippen molar-refractivity contribution in [3.63, 3.8) is 0 Å². The van der Waals surface area contributed by atoms with Gasteiger partial charge < -0.3 is 9.64 Å². The number of aromatic nitrogens is 3. The molecule has 6 nitrogen and oxygen atoms in total. The molecule has 33 heavy (non-hydrogen) atoms. The van der Waals surface area contributed by atoms with Crippen LogP contribution in [0.5, 0.6) is 5.75 Å². The summed E-state index contributed by atoms with van der Waals surface area (Å²) in [5, 5.41) is 9.47. The first-order chi connectivity index (χ1) is 16.0. The van der Waals surface area contributed by atoms with Gasteiger partial charge in [-0.2, -0.15) is 0 Å². The van der Waals surface area contributed by atoms with Crippen LogP contribution in [0.3, 0.4) is 0 Å². The first-order valence-corrected chi connectivity index (χ1v) is 11.6. The Hall–Kier alpha value is -3.29. The summed E-state index contributed by atoms with van der Waals surface area (Å²) >= 11 is 7.60. The molecule has 1 amide bonds. The van der Waals surface area contributed by atoms with E-state index in [9.17, 15) is 4.79 Å². The molecule has 1 heterocycles. The highest BCUT2D eigenvalue weighted by Crippen LogP contribution is 2.37. The van der Waals surface area contributed by atoms with Gasteiger partial charge in [0.1, 0.15) is 17.6 Å². The first-order valence-electron chi connectivity index (χ1n) is 10.3. The van der Waals surface area contributed by atoms with Crippen LogP contribution in [-0.2, 0) is 11.4 Å². The average Bonchev–Trinajstić information content (AvgIpc) is 3.25. The van der Waals surface area contributed by atoms with Gasteiger partial charge in [-0.1, -0.05) is 84.0 Å². The van der Waals surface area contributed by atoms with E-state index in [2.05, 4.69) is 10.2 Å². The maximum absolute atomic E-state index is 13.1. The fourth-order valence-corrected chi connectivity index (χ4v) is 4.65. The molecule has 0 bridgehead atoms. The van der Waals surface area contributed by atoms with Gasteiger partial charge >= 0.3 is 0 Å². The van der Waals surface area contributed by atoms with E-state index in [1.165, 1.54) is 11.8 Å². The van der Waals surface area contributed by atoms with Crippen LogP contribution in [0, 0.1) is 0 Å². The second-order valence-corrected chi connectivity index (χ2v) is 8.91. The number of carbonyl (C=O) groups is 1. The number of thioether (sulfide) groups is 1. The fourth-order valence-electron chi connectivity index (χ4n) is 3.24. The summed E-state index contributed by atoms with van der Waals surface area (Å²) in [6.07, 6.45) is 0. The van der Waals surface area contributed by atoms with Crippen LogP contribution >= 0.6 is 23.4 Å². The summed E-state index contributed by atoms with van der Waals surface area (Å²) in [5.41, 5.74) is 1.78. The second kappa shape index (κ2) is 10.6. The summed E-state index contributed by atoms with van der Waals surface area (Å²) in [5.74, 6) is 1.15. The van der Waals surface area contributed by atoms with Crippen molar-refractivity contribution in [3.05, 3.63) is 101 Å². The van der Waals surface area contributed by atoms with Gasteiger partial charge in [-0.15, -0.1) is 10.2 Å². The highest BCUT2D eigenvalue weighted by molar-refractivity contribution is 8.00. The van der Waals surface area contributed by atoms with Gasteiger partial charge in [0.2, 0.25) is 5.91 Å². The zero-order valence-electron chi connectivity index (χ0n) is 18.3. The third-order valence-electron chi connectivity index (χ3n) is 4.90. The molecule has 0 fully saturated rings. The molecule has 3 aromatic carbocycles. The predicted molar refractivity (Wildman–Crippen MR) is 131 cm³/mol. The Bertz CT molecular complexity index is 1220. The summed E-state index contributed by atoms with van der Waals surface area (Å²) in [4.78, 5) is 14.7. The van der Waals surface area contributed by atoms with E-state index >= 15 is 0 Å². The minimum atomic E-state index is -0.467. The average molecular weight is 479 g/mol. The molecule has 0 aliphatic heterocycles. The van der Waals surface area contributed by atoms with Crippen LogP contribution in [0.4, 0.5) is 0 Å². The number of para-hydroxylation sites is 2. The number of likely N-dealkylation sites (N-methyl/N-ethyl adjacent to an activating group) is 1. The van der Waals surface area contributed by atoms with Crippen LogP contribution in [-0.4, -0.2) is 39.7 Å². The van der Waals surface area contributed by atoms with Crippen molar-refractivity contribution < 1.29 is 9.53 Å². The highest BCUT2D eigenvalue weighted by atomic mass is 35.5. The Labute approximate surface area is 202 Å².